The van der Waals surface area contributed by atoms with Crippen molar-refractivity contribution in [2.24, 2.45) is 0 Å². The summed E-state index contributed by atoms with van der Waals surface area (Å²) >= 11 is 5.09. The zero-order valence-corrected chi connectivity index (χ0v) is 6.54. The van der Waals surface area contributed by atoms with Gasteiger partial charge in [-0.25, -0.2) is 18.1 Å². The van der Waals surface area contributed by atoms with Gasteiger partial charge >= 0.3 is 13.1 Å². The highest BCUT2D eigenvalue weighted by Gasteiger charge is 2.65. The van der Waals surface area contributed by atoms with Crippen molar-refractivity contribution in [1.29, 1.82) is 0 Å². The van der Waals surface area contributed by atoms with Crippen LogP contribution in [0.2, 0.25) is 0 Å². The van der Waals surface area contributed by atoms with Gasteiger partial charge in [-0.1, -0.05) is 0 Å². The fourth-order valence-corrected chi connectivity index (χ4v) is 2.21. The van der Waals surface area contributed by atoms with Crippen LogP contribution in [0.3, 0.4) is 0 Å². The molecule has 11 heavy (non-hydrogen) atoms. The van der Waals surface area contributed by atoms with Crippen LogP contribution >= 0.6 is 19.4 Å². The van der Waals surface area contributed by atoms with Crippen molar-refractivity contribution in [3.05, 3.63) is 0 Å². The fraction of sp³-hybridized carbons (Fsp3) is 0.667. The van der Waals surface area contributed by atoms with Gasteiger partial charge in [0.1, 0.15) is 0 Å². The standard InChI is InChI=1S/C3H2ClO6P/c4-3(6)1(5)2-8-11(7,9-2)10-3/h2,6H. The number of hydrogen-bond acceptors (Lipinski definition) is 6. The number of hydrogen-bond donors (Lipinski definition) is 1. The first kappa shape index (κ1) is 7.67. The molecular formula is C3H2ClO6P. The topological polar surface area (TPSA) is 82.1 Å². The van der Waals surface area contributed by atoms with E-state index in [2.05, 4.69) is 13.6 Å². The van der Waals surface area contributed by atoms with Crippen LogP contribution in [0.4, 0.5) is 0 Å². The van der Waals surface area contributed by atoms with E-state index in [9.17, 15) is 9.36 Å². The van der Waals surface area contributed by atoms with E-state index in [1.165, 1.54) is 0 Å². The molecule has 62 valence electrons. The second-order valence-electron chi connectivity index (χ2n) is 2.01. The number of carbonyl (C=O) groups is 1. The van der Waals surface area contributed by atoms with Crippen LogP contribution in [0.1, 0.15) is 0 Å². The average Bonchev–Trinajstić information content (AvgIpc) is 1.76. The van der Waals surface area contributed by atoms with E-state index < -0.39 is 25.1 Å². The molecule has 1 atom stereocenters. The molecule has 0 aromatic heterocycles. The molecule has 3 rings (SSSR count). The van der Waals surface area contributed by atoms with Crippen LogP contribution in [0, 0.1) is 0 Å². The number of aliphatic hydroxyl groups is 1. The third kappa shape index (κ3) is 0.955. The van der Waals surface area contributed by atoms with Crippen LogP contribution in [0.15, 0.2) is 0 Å². The maximum absolute atomic E-state index is 10.8. The van der Waals surface area contributed by atoms with E-state index in [1.807, 2.05) is 0 Å². The van der Waals surface area contributed by atoms with Gasteiger partial charge in [-0.3, -0.25) is 4.79 Å². The summed E-state index contributed by atoms with van der Waals surface area (Å²) in [5, 5.41) is 6.31. The van der Waals surface area contributed by atoms with Gasteiger partial charge in [0.05, 0.1) is 0 Å². The SMILES string of the molecule is O=C1C2OP(=O)(O2)OC1(O)Cl. The number of ketones is 1. The second-order valence-corrected chi connectivity index (χ2v) is 4.02. The zero-order valence-electron chi connectivity index (χ0n) is 4.89. The van der Waals surface area contributed by atoms with Gasteiger partial charge < -0.3 is 5.11 Å². The first-order valence-electron chi connectivity index (χ1n) is 2.56. The molecule has 8 heteroatoms. The molecule has 3 heterocycles. The number of alkyl halides is 1. The molecule has 3 fully saturated rings. The highest BCUT2D eigenvalue weighted by molar-refractivity contribution is 7.50. The van der Waals surface area contributed by atoms with E-state index in [0.29, 0.717) is 0 Å². The van der Waals surface area contributed by atoms with Gasteiger partial charge in [0.25, 0.3) is 5.78 Å². The minimum absolute atomic E-state index is 1.00. The Balaban J connectivity index is 2.32. The predicted molar refractivity (Wildman–Crippen MR) is 30.5 cm³/mol. The van der Waals surface area contributed by atoms with E-state index in [-0.39, 0.29) is 0 Å². The maximum atomic E-state index is 10.8. The Hall–Kier alpha value is 0.0300. The minimum atomic E-state index is -3.70. The van der Waals surface area contributed by atoms with Crippen molar-refractivity contribution in [1.82, 2.24) is 0 Å². The lowest BCUT2D eigenvalue weighted by Crippen LogP contribution is -2.54. The van der Waals surface area contributed by atoms with E-state index in [1.54, 1.807) is 0 Å². The summed E-state index contributed by atoms with van der Waals surface area (Å²) in [7, 11) is -3.70. The molecule has 1 N–H and O–H groups in total. The van der Waals surface area contributed by atoms with Gasteiger partial charge in [0, 0.05) is 0 Å². The molecule has 0 aliphatic carbocycles. The van der Waals surface area contributed by atoms with Crippen molar-refractivity contribution in [3.63, 3.8) is 0 Å². The molecule has 3 aliphatic rings. The Morgan fingerprint density at radius 2 is 2.18 bits per heavy atom. The summed E-state index contributed by atoms with van der Waals surface area (Å²) in [6.07, 6.45) is -1.35. The van der Waals surface area contributed by atoms with Gasteiger partial charge in [0.2, 0.25) is 6.29 Å². The number of fused-ring (bicyclic) bond motifs is 2. The third-order valence-corrected chi connectivity index (χ3v) is 2.96. The molecule has 3 saturated heterocycles. The third-order valence-electron chi connectivity index (χ3n) is 1.20. The summed E-state index contributed by atoms with van der Waals surface area (Å²) in [5.41, 5.74) is 0. The van der Waals surface area contributed by atoms with Crippen molar-refractivity contribution in [2.75, 3.05) is 0 Å². The number of phosphoric acid groups is 1. The van der Waals surface area contributed by atoms with Crippen LogP contribution in [-0.2, 0) is 22.9 Å². The largest absolute Gasteiger partial charge is 0.484 e. The number of rotatable bonds is 0. The fourth-order valence-electron chi connectivity index (χ4n) is 0.720. The monoisotopic (exact) mass is 200 g/mol. The molecule has 0 aromatic rings. The maximum Gasteiger partial charge on any atom is 0.484 e. The Morgan fingerprint density at radius 3 is 2.55 bits per heavy atom. The Bertz CT molecular complexity index is 263. The van der Waals surface area contributed by atoms with E-state index in [0.717, 1.165) is 0 Å². The molecule has 0 spiro atoms. The zero-order chi connectivity index (χ0) is 8.28. The summed E-state index contributed by atoms with van der Waals surface area (Å²) < 4.78 is 23.6. The molecule has 0 saturated carbocycles. The van der Waals surface area contributed by atoms with E-state index >= 15 is 0 Å². The number of carbonyl (C=O) groups excluding carboxylic acids is 1. The quantitative estimate of drug-likeness (QED) is 0.436. The average molecular weight is 200 g/mol. The van der Waals surface area contributed by atoms with Crippen molar-refractivity contribution < 1.29 is 28.0 Å². The number of halogens is 1. The highest BCUT2D eigenvalue weighted by atomic mass is 35.5. The lowest BCUT2D eigenvalue weighted by atomic mass is 10.4. The molecule has 0 radical (unpaired) electrons. The summed E-state index contributed by atoms with van der Waals surface area (Å²) in [5.74, 6) is -1.00. The molecular weight excluding hydrogens is 198 g/mol. The summed E-state index contributed by atoms with van der Waals surface area (Å²) in [4.78, 5) is 10.7. The molecule has 1 unspecified atom stereocenters. The molecule has 6 nitrogen and oxygen atoms in total. The Kier molecular flexibility index (Phi) is 1.29. The highest BCUT2D eigenvalue weighted by Crippen LogP contribution is 2.67. The Labute approximate surface area is 65.6 Å². The normalized spacial score (nSPS) is 55.5. The Morgan fingerprint density at radius 1 is 1.64 bits per heavy atom. The van der Waals surface area contributed by atoms with Crippen LogP contribution in [0.5, 0.6) is 0 Å². The van der Waals surface area contributed by atoms with Gasteiger partial charge in [-0.15, -0.1) is 0 Å². The molecule has 2 bridgehead atoms. The second kappa shape index (κ2) is 1.85. The minimum Gasteiger partial charge on any atom is -0.347 e. The van der Waals surface area contributed by atoms with E-state index in [4.69, 9.17) is 16.7 Å². The number of Topliss-reactive ketones (excluding diaryl/α,β-unsaturated/α-hetero) is 1. The van der Waals surface area contributed by atoms with Crippen LogP contribution < -0.4 is 0 Å². The summed E-state index contributed by atoms with van der Waals surface area (Å²) in [6, 6.07) is 0. The van der Waals surface area contributed by atoms with Crippen molar-refractivity contribution >= 4 is 25.2 Å². The summed E-state index contributed by atoms with van der Waals surface area (Å²) in [6.45, 7) is 0. The first-order valence-corrected chi connectivity index (χ1v) is 4.40. The van der Waals surface area contributed by atoms with Crippen LogP contribution in [0.25, 0.3) is 0 Å². The van der Waals surface area contributed by atoms with Gasteiger partial charge in [-0.05, 0) is 11.6 Å². The predicted octanol–water partition coefficient (Wildman–Crippen LogP) is -0.0484. The van der Waals surface area contributed by atoms with Crippen molar-refractivity contribution in [2.45, 2.75) is 11.5 Å². The molecule has 3 aliphatic heterocycles. The van der Waals surface area contributed by atoms with Crippen LogP contribution in [-0.4, -0.2) is 22.4 Å². The van der Waals surface area contributed by atoms with Crippen molar-refractivity contribution in [3.8, 4) is 0 Å². The molecule has 0 amide bonds. The lowest BCUT2D eigenvalue weighted by molar-refractivity contribution is -0.228. The van der Waals surface area contributed by atoms with Gasteiger partial charge in [-0.2, -0.15) is 0 Å². The van der Waals surface area contributed by atoms with Gasteiger partial charge in [0.15, 0.2) is 0 Å². The number of phosphoric ester groups is 1. The lowest BCUT2D eigenvalue weighted by Gasteiger charge is -2.41. The smallest absolute Gasteiger partial charge is 0.347 e. The first-order chi connectivity index (χ1) is 4.93. The molecule has 0 aromatic carbocycles.